The zero-order valence-electron chi connectivity index (χ0n) is 23.5. The Balaban J connectivity index is 1.75. The third kappa shape index (κ3) is 8.34. The molecule has 3 unspecified atom stereocenters. The molecule has 0 saturated heterocycles. The lowest BCUT2D eigenvalue weighted by atomic mass is 9.79. The Bertz CT molecular complexity index is 1140. The smallest absolute Gasteiger partial charge is 0.306 e. The molecule has 5 nitrogen and oxygen atoms in total. The zero-order valence-corrected chi connectivity index (χ0v) is 23.5. The van der Waals surface area contributed by atoms with Crippen molar-refractivity contribution in [2.45, 2.75) is 90.7 Å². The fraction of sp³-hybridized carbons (Fsp3) is 0.581. The summed E-state index contributed by atoms with van der Waals surface area (Å²) in [6.07, 6.45) is 11.8. The second-order valence-electron chi connectivity index (χ2n) is 11.8. The van der Waals surface area contributed by atoms with E-state index in [0.717, 1.165) is 55.5 Å². The molecule has 7 heteroatoms. The lowest BCUT2D eigenvalue weighted by molar-refractivity contribution is -0.156. The number of carbonyl (C=O) groups excluding carboxylic acids is 2. The Morgan fingerprint density at radius 2 is 1.95 bits per heavy atom. The largest absolute Gasteiger partial charge is 0.460 e. The molecule has 1 aromatic carbocycles. The van der Waals surface area contributed by atoms with Crippen molar-refractivity contribution in [2.75, 3.05) is 13.1 Å². The van der Waals surface area contributed by atoms with Crippen molar-refractivity contribution in [2.24, 2.45) is 11.8 Å². The van der Waals surface area contributed by atoms with Crippen molar-refractivity contribution in [3.05, 3.63) is 52.3 Å². The number of amides is 1. The summed E-state index contributed by atoms with van der Waals surface area (Å²) in [4.78, 5) is 27.5. The highest BCUT2D eigenvalue weighted by atomic mass is 19.3. The van der Waals surface area contributed by atoms with Crippen LogP contribution in [0.15, 0.2) is 24.3 Å². The van der Waals surface area contributed by atoms with Gasteiger partial charge in [-0.15, -0.1) is 0 Å². The molecule has 0 bridgehead atoms. The van der Waals surface area contributed by atoms with Crippen LogP contribution in [0.5, 0.6) is 0 Å². The fourth-order valence-electron chi connectivity index (χ4n) is 5.45. The number of fused-ring (bicyclic) bond motifs is 1. The molecule has 0 spiro atoms. The van der Waals surface area contributed by atoms with Crippen molar-refractivity contribution in [3.63, 3.8) is 0 Å². The van der Waals surface area contributed by atoms with E-state index in [1.54, 1.807) is 6.07 Å². The summed E-state index contributed by atoms with van der Waals surface area (Å²) in [5.41, 5.74) is 0.821. The summed E-state index contributed by atoms with van der Waals surface area (Å²) >= 11 is 0. The highest BCUT2D eigenvalue weighted by molar-refractivity contribution is 5.94. The van der Waals surface area contributed by atoms with Gasteiger partial charge in [0.2, 0.25) is 0 Å². The van der Waals surface area contributed by atoms with Gasteiger partial charge in [0.1, 0.15) is 16.4 Å². The molecule has 0 radical (unpaired) electrons. The first-order valence-corrected chi connectivity index (χ1v) is 13.7. The Morgan fingerprint density at radius 1 is 1.24 bits per heavy atom. The molecule has 1 aliphatic carbocycles. The second-order valence-corrected chi connectivity index (χ2v) is 11.8. The Labute approximate surface area is 226 Å². The Hall–Kier alpha value is -2.83. The molecule has 3 atom stereocenters. The van der Waals surface area contributed by atoms with Crippen LogP contribution in [-0.4, -0.2) is 47.4 Å². The maximum Gasteiger partial charge on any atom is 0.306 e. The van der Waals surface area contributed by atoms with Gasteiger partial charge in [0.25, 0.3) is 11.8 Å². The van der Waals surface area contributed by atoms with Crippen LogP contribution in [0.4, 0.5) is 8.78 Å². The number of allylic oxidation sites excluding steroid dienone is 1. The Kier molecular flexibility index (Phi) is 9.66. The number of esters is 1. The van der Waals surface area contributed by atoms with E-state index in [9.17, 15) is 18.4 Å². The molecule has 1 fully saturated rings. The molecule has 1 aliphatic heterocycles. The highest BCUT2D eigenvalue weighted by Crippen LogP contribution is 2.33. The van der Waals surface area contributed by atoms with Crippen molar-refractivity contribution in [1.29, 1.82) is 0 Å². The van der Waals surface area contributed by atoms with Crippen LogP contribution in [-0.2, 0) is 9.53 Å². The van der Waals surface area contributed by atoms with E-state index in [-0.39, 0.29) is 12.0 Å². The fourth-order valence-corrected chi connectivity index (χ4v) is 5.45. The van der Waals surface area contributed by atoms with Gasteiger partial charge in [-0.1, -0.05) is 19.1 Å². The van der Waals surface area contributed by atoms with Gasteiger partial charge < -0.3 is 15.0 Å². The number of benzene rings is 1. The van der Waals surface area contributed by atoms with Gasteiger partial charge in [-0.25, -0.2) is 8.78 Å². The minimum absolute atomic E-state index is 0.127. The average molecular weight is 530 g/mol. The third-order valence-corrected chi connectivity index (χ3v) is 7.31. The Morgan fingerprint density at radius 3 is 2.63 bits per heavy atom. The topological polar surface area (TPSA) is 58.6 Å². The summed E-state index contributed by atoms with van der Waals surface area (Å²) in [5.74, 6) is -3.02. The molecule has 1 N–H and O–H groups in total. The van der Waals surface area contributed by atoms with Gasteiger partial charge in [0.15, 0.2) is 0 Å². The van der Waals surface area contributed by atoms with E-state index in [1.807, 2.05) is 26.8 Å². The number of carbonyl (C=O) groups is 2. The maximum atomic E-state index is 13.9. The predicted molar refractivity (Wildman–Crippen MR) is 148 cm³/mol. The van der Waals surface area contributed by atoms with Crippen LogP contribution in [0.25, 0.3) is 12.8 Å². The van der Waals surface area contributed by atoms with E-state index < -0.39 is 24.0 Å². The van der Waals surface area contributed by atoms with E-state index >= 15 is 0 Å². The number of nitrogens with one attached hydrogen (secondary N) is 1. The average Bonchev–Trinajstić information content (AvgIpc) is 2.96. The maximum absolute atomic E-state index is 13.9. The van der Waals surface area contributed by atoms with E-state index in [0.29, 0.717) is 29.0 Å². The van der Waals surface area contributed by atoms with E-state index in [2.05, 4.69) is 36.3 Å². The van der Waals surface area contributed by atoms with E-state index in [1.165, 1.54) is 13.0 Å². The second kappa shape index (κ2) is 12.4. The molecular formula is C31H43F2N2O3+. The van der Waals surface area contributed by atoms with Crippen molar-refractivity contribution in [1.82, 2.24) is 10.2 Å². The van der Waals surface area contributed by atoms with Crippen molar-refractivity contribution >= 4 is 24.7 Å². The molecule has 1 amide bonds. The lowest BCUT2D eigenvalue weighted by Gasteiger charge is -2.34. The number of nitrogens with zero attached hydrogens (tertiary/aromatic N) is 1. The minimum Gasteiger partial charge on any atom is -0.460 e. The molecular weight excluding hydrogens is 486 g/mol. The SMILES string of the molecule is C=c1c(C(=O)NCC(F)(F)/C=C/C)ccc2c1=CN(CC1CCCC(CC(=O)OC(C)(C)C)C1)C(C)C[CH+]2. The van der Waals surface area contributed by atoms with Gasteiger partial charge >= 0.3 is 5.97 Å². The quantitative estimate of drug-likeness (QED) is 0.294. The molecule has 0 aromatic heterocycles. The van der Waals surface area contributed by atoms with Crippen LogP contribution in [0.2, 0.25) is 0 Å². The highest BCUT2D eigenvalue weighted by Gasteiger charge is 2.30. The molecule has 1 aromatic rings. The number of hydrogen-bond acceptors (Lipinski definition) is 4. The molecule has 1 saturated carbocycles. The molecule has 1 heterocycles. The lowest BCUT2D eigenvalue weighted by Crippen LogP contribution is -2.41. The molecule has 3 rings (SSSR count). The van der Waals surface area contributed by atoms with Crippen LogP contribution in [0.1, 0.15) is 89.1 Å². The molecule has 2 aliphatic rings. The summed E-state index contributed by atoms with van der Waals surface area (Å²) in [5, 5.41) is 3.74. The first-order valence-electron chi connectivity index (χ1n) is 13.7. The first-order chi connectivity index (χ1) is 17.8. The number of halogens is 2. The summed E-state index contributed by atoms with van der Waals surface area (Å²) in [6.45, 7) is 13.6. The van der Waals surface area contributed by atoms with Crippen LogP contribution < -0.4 is 15.8 Å². The van der Waals surface area contributed by atoms with Crippen LogP contribution >= 0.6 is 0 Å². The molecule has 208 valence electrons. The van der Waals surface area contributed by atoms with Crippen LogP contribution in [0, 0.1) is 18.3 Å². The number of ether oxygens (including phenoxy) is 1. The normalized spacial score (nSPS) is 22.2. The van der Waals surface area contributed by atoms with Crippen molar-refractivity contribution < 1.29 is 23.1 Å². The summed E-state index contributed by atoms with van der Waals surface area (Å²) in [6, 6.07) is 3.79. The van der Waals surface area contributed by atoms with Gasteiger partial charge in [-0.3, -0.25) is 9.59 Å². The molecule has 38 heavy (non-hydrogen) atoms. The van der Waals surface area contributed by atoms with Crippen LogP contribution in [0.3, 0.4) is 0 Å². The van der Waals surface area contributed by atoms with Gasteiger partial charge in [0.05, 0.1) is 18.3 Å². The standard InChI is InChI=1S/C31H42F2N2O3/c1-7-15-31(32,33)20-34-29(37)26-14-13-25-12-11-21(2)35(19-27(25)22(26)3)18-24-10-8-9-23(16-24)17-28(36)38-30(4,5)6/h7,12-15,19,21,23-24H,3,8-11,16-18,20H2,1-2,4-6H3/p+1/b15-7+. The third-order valence-electron chi connectivity index (χ3n) is 7.31. The minimum atomic E-state index is -3.11. The zero-order chi connectivity index (χ0) is 28.1. The number of rotatable bonds is 8. The monoisotopic (exact) mass is 529 g/mol. The van der Waals surface area contributed by atoms with Gasteiger partial charge in [-0.05, 0) is 71.8 Å². The first kappa shape index (κ1) is 29.7. The summed E-state index contributed by atoms with van der Waals surface area (Å²) in [7, 11) is 0. The number of hydrogen-bond donors (Lipinski definition) is 1. The van der Waals surface area contributed by atoms with E-state index in [4.69, 9.17) is 4.74 Å². The number of alkyl halides is 2. The van der Waals surface area contributed by atoms with Gasteiger partial charge in [0, 0.05) is 49.2 Å². The predicted octanol–water partition coefficient (Wildman–Crippen LogP) is 4.96. The summed E-state index contributed by atoms with van der Waals surface area (Å²) < 4.78 is 33.3. The van der Waals surface area contributed by atoms with Crippen molar-refractivity contribution in [3.8, 4) is 0 Å². The van der Waals surface area contributed by atoms with Gasteiger partial charge in [-0.2, -0.15) is 0 Å².